The summed E-state index contributed by atoms with van der Waals surface area (Å²) in [7, 11) is -1.67. The van der Waals surface area contributed by atoms with Gasteiger partial charge >= 0.3 is 0 Å². The Labute approximate surface area is 129 Å². The van der Waals surface area contributed by atoms with Crippen molar-refractivity contribution in [1.82, 2.24) is 9.97 Å². The van der Waals surface area contributed by atoms with Crippen molar-refractivity contribution < 1.29 is 4.43 Å². The van der Waals surface area contributed by atoms with Gasteiger partial charge in [0.1, 0.15) is 0 Å². The van der Waals surface area contributed by atoms with Gasteiger partial charge in [-0.3, -0.25) is 0 Å². The van der Waals surface area contributed by atoms with Gasteiger partial charge in [0.15, 0.2) is 8.32 Å². The van der Waals surface area contributed by atoms with Gasteiger partial charge in [-0.05, 0) is 43.0 Å². The fourth-order valence-corrected chi connectivity index (χ4v) is 3.68. The van der Waals surface area contributed by atoms with Gasteiger partial charge in [-0.25, -0.2) is 9.97 Å². The van der Waals surface area contributed by atoms with Crippen LogP contribution in [0, 0.1) is 0 Å². The van der Waals surface area contributed by atoms with Crippen molar-refractivity contribution in [2.75, 3.05) is 5.73 Å². The minimum atomic E-state index is -1.67. The lowest BCUT2D eigenvalue weighted by Crippen LogP contribution is -2.44. The Morgan fingerprint density at radius 3 is 2.33 bits per heavy atom. The second-order valence-electron chi connectivity index (χ2n) is 7.33. The molecule has 5 heteroatoms. The monoisotopic (exact) mass is 305 g/mol. The molecule has 2 N–H and O–H groups in total. The molecular formula is C16H27N3OSi. The number of hydrogen-bond donors (Lipinski definition) is 1. The summed E-state index contributed by atoms with van der Waals surface area (Å²) in [6.45, 7) is 11.5. The summed E-state index contributed by atoms with van der Waals surface area (Å²) >= 11 is 0. The molecule has 0 amide bonds. The van der Waals surface area contributed by atoms with E-state index in [0.717, 1.165) is 24.8 Å². The van der Waals surface area contributed by atoms with Crippen LogP contribution in [0.3, 0.4) is 0 Å². The topological polar surface area (TPSA) is 61.0 Å². The number of hydrogen-bond acceptors (Lipinski definition) is 4. The molecule has 1 aliphatic carbocycles. The number of aromatic nitrogens is 2. The summed E-state index contributed by atoms with van der Waals surface area (Å²) in [6.07, 6.45) is 9.31. The van der Waals surface area contributed by atoms with E-state index in [4.69, 9.17) is 10.2 Å². The van der Waals surface area contributed by atoms with Gasteiger partial charge in [0.2, 0.25) is 5.95 Å². The van der Waals surface area contributed by atoms with Crippen LogP contribution in [-0.2, 0) is 4.43 Å². The van der Waals surface area contributed by atoms with E-state index in [-0.39, 0.29) is 5.04 Å². The third-order valence-corrected chi connectivity index (χ3v) is 9.21. The summed E-state index contributed by atoms with van der Waals surface area (Å²) in [5.74, 6) is 0.328. The zero-order chi connectivity index (χ0) is 15.7. The fourth-order valence-electron chi connectivity index (χ4n) is 2.28. The highest BCUT2D eigenvalue weighted by atomic mass is 28.4. The zero-order valence-corrected chi connectivity index (χ0v) is 14.8. The van der Waals surface area contributed by atoms with Crippen molar-refractivity contribution >= 4 is 19.8 Å². The maximum absolute atomic E-state index is 6.49. The van der Waals surface area contributed by atoms with Crippen molar-refractivity contribution in [3.8, 4) is 0 Å². The minimum Gasteiger partial charge on any atom is -0.414 e. The molecule has 0 saturated carbocycles. The van der Waals surface area contributed by atoms with Crippen molar-refractivity contribution in [1.29, 1.82) is 0 Å². The molecular weight excluding hydrogens is 278 g/mol. The first-order chi connectivity index (χ1) is 9.69. The predicted molar refractivity (Wildman–Crippen MR) is 90.3 cm³/mol. The summed E-state index contributed by atoms with van der Waals surface area (Å²) in [5, 5.41) is 0.266. The number of nitrogen functional groups attached to an aromatic ring is 1. The van der Waals surface area contributed by atoms with Gasteiger partial charge in [-0.1, -0.05) is 26.8 Å². The zero-order valence-electron chi connectivity index (χ0n) is 13.8. The molecule has 4 nitrogen and oxygen atoms in total. The predicted octanol–water partition coefficient (Wildman–Crippen LogP) is 4.02. The molecule has 1 heterocycles. The molecule has 21 heavy (non-hydrogen) atoms. The SMILES string of the molecule is CC(C)(C)[Si](C)(C)OC1CC=C(c2cnc(N)nc2)CC1. The fraction of sp³-hybridized carbons (Fsp3) is 0.625. The standard InChI is InChI=1S/C16H27N3OSi/c1-16(2,3)21(4,5)20-14-8-6-12(7-9-14)13-10-18-15(17)19-11-13/h6,10-11,14H,7-9H2,1-5H3,(H2,17,18,19). The van der Waals surface area contributed by atoms with Crippen LogP contribution in [0.5, 0.6) is 0 Å². The van der Waals surface area contributed by atoms with Gasteiger partial charge < -0.3 is 10.2 Å². The van der Waals surface area contributed by atoms with Crippen LogP contribution in [0.2, 0.25) is 18.1 Å². The molecule has 0 bridgehead atoms. The molecule has 0 radical (unpaired) electrons. The Bertz CT molecular complexity index is 517. The maximum Gasteiger partial charge on any atom is 0.219 e. The second kappa shape index (κ2) is 5.89. The average Bonchev–Trinajstić information content (AvgIpc) is 2.39. The van der Waals surface area contributed by atoms with Crippen LogP contribution in [0.4, 0.5) is 5.95 Å². The molecule has 1 unspecified atom stereocenters. The summed E-state index contributed by atoms with van der Waals surface area (Å²) < 4.78 is 6.49. The van der Waals surface area contributed by atoms with E-state index in [9.17, 15) is 0 Å². The Morgan fingerprint density at radius 1 is 1.24 bits per heavy atom. The van der Waals surface area contributed by atoms with Crippen LogP contribution in [0.15, 0.2) is 18.5 Å². The van der Waals surface area contributed by atoms with E-state index in [1.807, 2.05) is 12.4 Å². The molecule has 1 aliphatic rings. The molecule has 1 aromatic heterocycles. The number of anilines is 1. The molecule has 1 atom stereocenters. The van der Waals surface area contributed by atoms with Crippen LogP contribution in [0.1, 0.15) is 45.6 Å². The number of allylic oxidation sites excluding steroid dienone is 1. The molecule has 0 fully saturated rings. The van der Waals surface area contributed by atoms with Crippen LogP contribution < -0.4 is 5.73 Å². The van der Waals surface area contributed by atoms with Crippen LogP contribution in [0.25, 0.3) is 5.57 Å². The summed E-state index contributed by atoms with van der Waals surface area (Å²) in [4.78, 5) is 8.13. The first-order valence-corrected chi connectivity index (χ1v) is 10.5. The highest BCUT2D eigenvalue weighted by molar-refractivity contribution is 6.74. The minimum absolute atomic E-state index is 0.266. The third kappa shape index (κ3) is 3.92. The smallest absolute Gasteiger partial charge is 0.219 e. The van der Waals surface area contributed by atoms with Gasteiger partial charge in [-0.15, -0.1) is 0 Å². The molecule has 0 saturated heterocycles. The van der Waals surface area contributed by atoms with Crippen molar-refractivity contribution in [2.24, 2.45) is 0 Å². The van der Waals surface area contributed by atoms with E-state index in [1.165, 1.54) is 5.57 Å². The largest absolute Gasteiger partial charge is 0.414 e. The van der Waals surface area contributed by atoms with E-state index in [2.05, 4.69) is 49.9 Å². The molecule has 0 aromatic carbocycles. The molecule has 2 rings (SSSR count). The van der Waals surface area contributed by atoms with Crippen LogP contribution >= 0.6 is 0 Å². The van der Waals surface area contributed by atoms with Crippen molar-refractivity contribution in [3.63, 3.8) is 0 Å². The van der Waals surface area contributed by atoms with E-state index < -0.39 is 8.32 Å². The van der Waals surface area contributed by atoms with Crippen molar-refractivity contribution in [3.05, 3.63) is 24.0 Å². The first kappa shape index (κ1) is 16.2. The Balaban J connectivity index is 2.01. The Kier molecular flexibility index (Phi) is 4.53. The lowest BCUT2D eigenvalue weighted by molar-refractivity contribution is 0.172. The van der Waals surface area contributed by atoms with Gasteiger partial charge in [-0.2, -0.15) is 0 Å². The molecule has 0 aliphatic heterocycles. The molecule has 0 spiro atoms. The van der Waals surface area contributed by atoms with E-state index >= 15 is 0 Å². The quantitative estimate of drug-likeness (QED) is 0.857. The normalized spacial score (nSPS) is 20.2. The molecule has 1 aromatic rings. The van der Waals surface area contributed by atoms with Crippen LogP contribution in [-0.4, -0.2) is 24.4 Å². The lowest BCUT2D eigenvalue weighted by atomic mass is 9.94. The Hall–Kier alpha value is -1.20. The first-order valence-electron chi connectivity index (χ1n) is 7.64. The van der Waals surface area contributed by atoms with Gasteiger partial charge in [0.05, 0.1) is 0 Å². The maximum atomic E-state index is 6.49. The number of nitrogens with two attached hydrogens (primary N) is 1. The highest BCUT2D eigenvalue weighted by Crippen LogP contribution is 2.39. The van der Waals surface area contributed by atoms with Gasteiger partial charge in [0, 0.05) is 24.1 Å². The summed E-state index contributed by atoms with van der Waals surface area (Å²) in [6, 6.07) is 0. The average molecular weight is 305 g/mol. The Morgan fingerprint density at radius 2 is 1.86 bits per heavy atom. The van der Waals surface area contributed by atoms with Crippen molar-refractivity contribution in [2.45, 2.75) is 64.3 Å². The van der Waals surface area contributed by atoms with Gasteiger partial charge in [0.25, 0.3) is 0 Å². The third-order valence-electron chi connectivity index (χ3n) is 4.67. The second-order valence-corrected chi connectivity index (χ2v) is 12.1. The van der Waals surface area contributed by atoms with E-state index in [0.29, 0.717) is 12.1 Å². The molecule has 116 valence electrons. The van der Waals surface area contributed by atoms with E-state index in [1.54, 1.807) is 0 Å². The summed E-state index contributed by atoms with van der Waals surface area (Å²) in [5.41, 5.74) is 7.92. The number of nitrogens with zero attached hydrogens (tertiary/aromatic N) is 2. The number of rotatable bonds is 3. The lowest BCUT2D eigenvalue weighted by Gasteiger charge is -2.40. The highest BCUT2D eigenvalue weighted by Gasteiger charge is 2.39.